The molecule has 0 bridgehead atoms. The summed E-state index contributed by atoms with van der Waals surface area (Å²) in [7, 11) is 0. The van der Waals surface area contributed by atoms with Crippen molar-refractivity contribution in [3.63, 3.8) is 0 Å². The molecule has 1 aliphatic heterocycles. The highest BCUT2D eigenvalue weighted by molar-refractivity contribution is 7.22. The fourth-order valence-corrected chi connectivity index (χ4v) is 4.54. The number of hydrogen-bond donors (Lipinski definition) is 0. The van der Waals surface area contributed by atoms with Crippen LogP contribution in [0.15, 0.2) is 36.4 Å². The van der Waals surface area contributed by atoms with Gasteiger partial charge < -0.3 is 9.80 Å². The molecule has 0 radical (unpaired) electrons. The summed E-state index contributed by atoms with van der Waals surface area (Å²) in [5, 5.41) is 1.56. The number of halogens is 4. The molecule has 4 rings (SSSR count). The second-order valence-corrected chi connectivity index (χ2v) is 8.29. The summed E-state index contributed by atoms with van der Waals surface area (Å²) in [6.45, 7) is 4.12. The maximum Gasteiger partial charge on any atom is 0.416 e. The summed E-state index contributed by atoms with van der Waals surface area (Å²) in [6, 6.07) is 8.17. The van der Waals surface area contributed by atoms with Gasteiger partial charge in [0.1, 0.15) is 0 Å². The molecule has 1 saturated heterocycles. The number of rotatable bonds is 2. The number of nitrogens with zero attached hydrogens (tertiary/aromatic N) is 3. The van der Waals surface area contributed by atoms with E-state index in [4.69, 9.17) is 16.6 Å². The number of thiazole rings is 1. The largest absolute Gasteiger partial charge is 0.416 e. The van der Waals surface area contributed by atoms with Crippen molar-refractivity contribution in [3.8, 4) is 0 Å². The Morgan fingerprint density at radius 3 is 2.34 bits per heavy atom. The molecule has 1 amide bonds. The topological polar surface area (TPSA) is 36.4 Å². The molecular weight excluding hydrogens is 423 g/mol. The summed E-state index contributed by atoms with van der Waals surface area (Å²) < 4.78 is 39.1. The van der Waals surface area contributed by atoms with Gasteiger partial charge in [-0.2, -0.15) is 13.2 Å². The number of piperazine rings is 1. The van der Waals surface area contributed by atoms with E-state index >= 15 is 0 Å². The van der Waals surface area contributed by atoms with Crippen molar-refractivity contribution >= 4 is 44.2 Å². The van der Waals surface area contributed by atoms with E-state index in [0.29, 0.717) is 31.2 Å². The first kappa shape index (κ1) is 20.0. The Kier molecular flexibility index (Phi) is 5.16. The second kappa shape index (κ2) is 7.50. The third kappa shape index (κ3) is 3.91. The van der Waals surface area contributed by atoms with E-state index in [1.165, 1.54) is 12.1 Å². The lowest BCUT2D eigenvalue weighted by Crippen LogP contribution is -2.48. The third-order valence-corrected chi connectivity index (χ3v) is 6.52. The van der Waals surface area contributed by atoms with Gasteiger partial charge in [-0.3, -0.25) is 4.79 Å². The smallest absolute Gasteiger partial charge is 0.345 e. The van der Waals surface area contributed by atoms with Gasteiger partial charge in [0.2, 0.25) is 0 Å². The SMILES string of the molecule is Cc1c(Cl)ccc2sc(N3CCN(C(=O)c4ccc(C(F)(F)F)cc4)CC3)nc12. The molecule has 1 aromatic heterocycles. The number of alkyl halides is 3. The number of carbonyl (C=O) groups is 1. The number of fused-ring (bicyclic) bond motifs is 1. The molecule has 9 heteroatoms. The van der Waals surface area contributed by atoms with Crippen LogP contribution >= 0.6 is 22.9 Å². The van der Waals surface area contributed by atoms with Crippen molar-refractivity contribution in [1.82, 2.24) is 9.88 Å². The van der Waals surface area contributed by atoms with Gasteiger partial charge in [0, 0.05) is 36.8 Å². The fraction of sp³-hybridized carbons (Fsp3) is 0.300. The number of benzene rings is 2. The van der Waals surface area contributed by atoms with Crippen molar-refractivity contribution in [1.29, 1.82) is 0 Å². The number of aryl methyl sites for hydroxylation is 1. The Morgan fingerprint density at radius 1 is 1.07 bits per heavy atom. The summed E-state index contributed by atoms with van der Waals surface area (Å²) in [4.78, 5) is 21.1. The lowest BCUT2D eigenvalue weighted by atomic mass is 10.1. The van der Waals surface area contributed by atoms with Gasteiger partial charge in [-0.05, 0) is 48.9 Å². The Labute approximate surface area is 174 Å². The van der Waals surface area contributed by atoms with Gasteiger partial charge in [0.15, 0.2) is 5.13 Å². The van der Waals surface area contributed by atoms with Gasteiger partial charge in [-0.1, -0.05) is 22.9 Å². The average molecular weight is 440 g/mol. The van der Waals surface area contributed by atoms with E-state index in [-0.39, 0.29) is 11.5 Å². The van der Waals surface area contributed by atoms with E-state index in [1.54, 1.807) is 16.2 Å². The quantitative estimate of drug-likeness (QED) is 0.548. The zero-order chi connectivity index (χ0) is 20.8. The van der Waals surface area contributed by atoms with Gasteiger partial charge in [0.05, 0.1) is 15.8 Å². The summed E-state index contributed by atoms with van der Waals surface area (Å²) in [5.41, 5.74) is 1.34. The molecule has 0 saturated carbocycles. The number of hydrogen-bond acceptors (Lipinski definition) is 4. The molecule has 0 unspecified atom stereocenters. The zero-order valence-electron chi connectivity index (χ0n) is 15.5. The van der Waals surface area contributed by atoms with Crippen LogP contribution in [0.2, 0.25) is 5.02 Å². The highest BCUT2D eigenvalue weighted by Crippen LogP contribution is 2.34. The average Bonchev–Trinajstić information content (AvgIpc) is 3.15. The Balaban J connectivity index is 1.44. The molecule has 2 heterocycles. The van der Waals surface area contributed by atoms with Crippen LogP contribution in [-0.2, 0) is 6.18 Å². The van der Waals surface area contributed by atoms with Gasteiger partial charge in [-0.25, -0.2) is 4.98 Å². The van der Waals surface area contributed by atoms with E-state index < -0.39 is 11.7 Å². The number of anilines is 1. The summed E-state index contributed by atoms with van der Waals surface area (Å²) >= 11 is 7.76. The molecule has 3 aromatic rings. The Bertz CT molecular complexity index is 1060. The van der Waals surface area contributed by atoms with Crippen molar-refractivity contribution in [2.24, 2.45) is 0 Å². The highest BCUT2D eigenvalue weighted by Gasteiger charge is 2.31. The van der Waals surface area contributed by atoms with Crippen molar-refractivity contribution in [3.05, 3.63) is 58.1 Å². The van der Waals surface area contributed by atoms with Gasteiger partial charge in [0.25, 0.3) is 5.91 Å². The van der Waals surface area contributed by atoms with Crippen molar-refractivity contribution < 1.29 is 18.0 Å². The standard InChI is InChI=1S/C20H17ClF3N3OS/c1-12-15(21)6-7-16-17(12)25-19(29-16)27-10-8-26(9-11-27)18(28)13-2-4-14(5-3-13)20(22,23)24/h2-7H,8-11H2,1H3. The van der Waals surface area contributed by atoms with Crippen molar-refractivity contribution in [2.75, 3.05) is 31.1 Å². The molecule has 1 fully saturated rings. The van der Waals surface area contributed by atoms with Gasteiger partial charge >= 0.3 is 6.18 Å². The van der Waals surface area contributed by atoms with Crippen LogP contribution in [0.5, 0.6) is 0 Å². The molecule has 4 nitrogen and oxygen atoms in total. The minimum absolute atomic E-state index is 0.259. The zero-order valence-corrected chi connectivity index (χ0v) is 17.0. The van der Waals surface area contributed by atoms with E-state index in [9.17, 15) is 18.0 Å². The number of aromatic nitrogens is 1. The lowest BCUT2D eigenvalue weighted by molar-refractivity contribution is -0.137. The Hall–Kier alpha value is -2.32. The van der Waals surface area contributed by atoms with Crippen molar-refractivity contribution in [2.45, 2.75) is 13.1 Å². The van der Waals surface area contributed by atoms with E-state index in [0.717, 1.165) is 33.0 Å². The van der Waals surface area contributed by atoms with Crippen LogP contribution in [0.4, 0.5) is 18.3 Å². The molecule has 1 aliphatic rings. The third-order valence-electron chi connectivity index (χ3n) is 5.03. The normalized spacial score (nSPS) is 15.2. The maximum atomic E-state index is 12.7. The first-order valence-corrected chi connectivity index (χ1v) is 10.2. The lowest BCUT2D eigenvalue weighted by Gasteiger charge is -2.34. The maximum absolute atomic E-state index is 12.7. The first-order valence-electron chi connectivity index (χ1n) is 9.01. The fourth-order valence-electron chi connectivity index (χ4n) is 3.31. The molecular formula is C20H17ClF3N3OS. The molecule has 0 atom stereocenters. The van der Waals surface area contributed by atoms with Crippen LogP contribution in [-0.4, -0.2) is 42.0 Å². The predicted molar refractivity (Wildman–Crippen MR) is 109 cm³/mol. The van der Waals surface area contributed by atoms with E-state index in [1.807, 2.05) is 19.1 Å². The molecule has 2 aromatic carbocycles. The molecule has 152 valence electrons. The van der Waals surface area contributed by atoms with E-state index in [2.05, 4.69) is 4.90 Å². The van der Waals surface area contributed by atoms with Crippen LogP contribution in [0.1, 0.15) is 21.5 Å². The monoisotopic (exact) mass is 439 g/mol. The second-order valence-electron chi connectivity index (χ2n) is 6.87. The van der Waals surface area contributed by atoms with Crippen LogP contribution in [0.3, 0.4) is 0 Å². The van der Waals surface area contributed by atoms with Crippen LogP contribution in [0, 0.1) is 6.92 Å². The summed E-state index contributed by atoms with van der Waals surface area (Å²) in [6.07, 6.45) is -4.41. The molecule has 0 aliphatic carbocycles. The molecule has 0 spiro atoms. The molecule has 29 heavy (non-hydrogen) atoms. The first-order chi connectivity index (χ1) is 13.7. The Morgan fingerprint density at radius 2 is 1.72 bits per heavy atom. The predicted octanol–water partition coefficient (Wildman–Crippen LogP) is 5.24. The minimum atomic E-state index is -4.41. The van der Waals surface area contributed by atoms with Crippen LogP contribution in [0.25, 0.3) is 10.2 Å². The number of carbonyl (C=O) groups excluding carboxylic acids is 1. The molecule has 0 N–H and O–H groups in total. The van der Waals surface area contributed by atoms with Gasteiger partial charge in [-0.15, -0.1) is 0 Å². The van der Waals surface area contributed by atoms with Crippen LogP contribution < -0.4 is 4.90 Å². The highest BCUT2D eigenvalue weighted by atomic mass is 35.5. The minimum Gasteiger partial charge on any atom is -0.345 e. The summed E-state index contributed by atoms with van der Waals surface area (Å²) in [5.74, 6) is -0.259. The number of amides is 1.